The summed E-state index contributed by atoms with van der Waals surface area (Å²) in [5.41, 5.74) is 0.324. The van der Waals surface area contributed by atoms with Gasteiger partial charge in [0, 0.05) is 6.20 Å². The smallest absolute Gasteiger partial charge is 0.280 e. The van der Waals surface area contributed by atoms with Gasteiger partial charge >= 0.3 is 0 Å². The molecule has 0 aliphatic rings. The number of nitrogens with zero attached hydrogens (tertiary/aromatic N) is 3. The molecule has 0 spiro atoms. The molecule has 0 unspecified atom stereocenters. The van der Waals surface area contributed by atoms with E-state index in [0.29, 0.717) is 23.2 Å². The molecule has 2 aromatic rings. The minimum absolute atomic E-state index is 0.0440. The van der Waals surface area contributed by atoms with Crippen molar-refractivity contribution in [2.45, 2.75) is 19.6 Å². The van der Waals surface area contributed by atoms with E-state index < -0.39 is 0 Å². The monoisotopic (exact) mass is 265 g/mol. The molecule has 0 aliphatic carbocycles. The highest BCUT2D eigenvalue weighted by Crippen LogP contribution is 2.25. The average Bonchev–Trinajstić information content (AvgIpc) is 2.78. The first kappa shape index (κ1) is 12.9. The van der Waals surface area contributed by atoms with Gasteiger partial charge in [-0.1, -0.05) is 19.0 Å². The fourth-order valence-corrected chi connectivity index (χ4v) is 2.25. The first-order valence-electron chi connectivity index (χ1n) is 5.71. The Kier molecular flexibility index (Phi) is 4.19. The summed E-state index contributed by atoms with van der Waals surface area (Å²) >= 11 is 1.76. The van der Waals surface area contributed by atoms with Crippen LogP contribution in [-0.2, 0) is 5.75 Å². The summed E-state index contributed by atoms with van der Waals surface area (Å²) in [5.74, 6) is 3.33. The van der Waals surface area contributed by atoms with Crippen molar-refractivity contribution >= 4 is 11.8 Å². The third-order valence-corrected chi connectivity index (χ3v) is 3.50. The van der Waals surface area contributed by atoms with E-state index in [1.54, 1.807) is 30.1 Å². The lowest BCUT2D eigenvalue weighted by Gasteiger charge is -2.00. The predicted molar refractivity (Wildman–Crippen MR) is 70.2 cm³/mol. The lowest BCUT2D eigenvalue weighted by Crippen LogP contribution is -1.92. The molecule has 96 valence electrons. The van der Waals surface area contributed by atoms with E-state index >= 15 is 0 Å². The van der Waals surface area contributed by atoms with Gasteiger partial charge < -0.3 is 9.63 Å². The molecule has 2 heterocycles. The van der Waals surface area contributed by atoms with E-state index in [4.69, 9.17) is 4.52 Å². The van der Waals surface area contributed by atoms with Crippen LogP contribution < -0.4 is 0 Å². The third kappa shape index (κ3) is 3.22. The predicted octanol–water partition coefficient (Wildman–Crippen LogP) is 2.73. The van der Waals surface area contributed by atoms with Crippen molar-refractivity contribution in [1.29, 1.82) is 0 Å². The molecule has 0 saturated carbocycles. The van der Waals surface area contributed by atoms with Crippen LogP contribution in [0.5, 0.6) is 5.75 Å². The van der Waals surface area contributed by atoms with Crippen LogP contribution in [0, 0.1) is 5.92 Å². The molecule has 0 radical (unpaired) electrons. The lowest BCUT2D eigenvalue weighted by molar-refractivity contribution is 0.417. The van der Waals surface area contributed by atoms with Crippen LogP contribution in [0.1, 0.15) is 19.7 Å². The van der Waals surface area contributed by atoms with E-state index in [2.05, 4.69) is 29.0 Å². The summed E-state index contributed by atoms with van der Waals surface area (Å²) in [6.07, 6.45) is 1.58. The summed E-state index contributed by atoms with van der Waals surface area (Å²) in [5, 5.41) is 13.5. The highest BCUT2D eigenvalue weighted by Gasteiger charge is 2.13. The largest absolute Gasteiger partial charge is 0.505 e. The molecule has 0 fully saturated rings. The van der Waals surface area contributed by atoms with Crippen LogP contribution >= 0.6 is 11.8 Å². The molecule has 5 nitrogen and oxygen atoms in total. The Balaban J connectivity index is 2.04. The average molecular weight is 265 g/mol. The van der Waals surface area contributed by atoms with Crippen molar-refractivity contribution in [3.63, 3.8) is 0 Å². The third-order valence-electron chi connectivity index (χ3n) is 2.14. The van der Waals surface area contributed by atoms with Gasteiger partial charge in [0.15, 0.2) is 11.5 Å². The Morgan fingerprint density at radius 1 is 1.44 bits per heavy atom. The Labute approximate surface area is 110 Å². The van der Waals surface area contributed by atoms with Gasteiger partial charge in [0.1, 0.15) is 5.75 Å². The molecule has 6 heteroatoms. The lowest BCUT2D eigenvalue weighted by atomic mass is 10.3. The standard InChI is InChI=1S/C12H15N3O2S/c1-8(2)6-18-7-10-14-12(17-15-10)11-9(16)4-3-5-13-11/h3-5,8,16H,6-7H2,1-2H3. The van der Waals surface area contributed by atoms with Crippen LogP contribution in [0.3, 0.4) is 0 Å². The van der Waals surface area contributed by atoms with Gasteiger partial charge in [-0.05, 0) is 23.8 Å². The normalized spacial score (nSPS) is 11.1. The van der Waals surface area contributed by atoms with Gasteiger partial charge in [0.2, 0.25) is 0 Å². The number of aromatic nitrogens is 3. The summed E-state index contributed by atoms with van der Waals surface area (Å²) in [6.45, 7) is 4.33. The van der Waals surface area contributed by atoms with E-state index in [1.807, 2.05) is 0 Å². The highest BCUT2D eigenvalue weighted by molar-refractivity contribution is 7.98. The van der Waals surface area contributed by atoms with Gasteiger partial charge in [-0.3, -0.25) is 0 Å². The van der Waals surface area contributed by atoms with Crippen molar-refractivity contribution in [1.82, 2.24) is 15.1 Å². The van der Waals surface area contributed by atoms with Crippen molar-refractivity contribution in [2.75, 3.05) is 5.75 Å². The molecule has 0 atom stereocenters. The van der Waals surface area contributed by atoms with Gasteiger partial charge in [-0.15, -0.1) is 0 Å². The Bertz CT molecular complexity index is 514. The number of pyridine rings is 1. The minimum Gasteiger partial charge on any atom is -0.505 e. The minimum atomic E-state index is 0.0440. The number of hydrogen-bond donors (Lipinski definition) is 1. The molecule has 0 saturated heterocycles. The zero-order valence-corrected chi connectivity index (χ0v) is 11.1. The van der Waals surface area contributed by atoms with Gasteiger partial charge in [0.25, 0.3) is 5.89 Å². The summed E-state index contributed by atoms with van der Waals surface area (Å²) in [6, 6.07) is 3.19. The second-order valence-corrected chi connectivity index (χ2v) is 5.33. The number of rotatable bonds is 5. The number of aromatic hydroxyl groups is 1. The second-order valence-electron chi connectivity index (χ2n) is 4.30. The van der Waals surface area contributed by atoms with E-state index in [-0.39, 0.29) is 11.6 Å². The van der Waals surface area contributed by atoms with E-state index in [1.165, 1.54) is 0 Å². The Morgan fingerprint density at radius 3 is 3.00 bits per heavy atom. The number of thioether (sulfide) groups is 1. The molecule has 1 N–H and O–H groups in total. The molecule has 2 rings (SSSR count). The Hall–Kier alpha value is -1.56. The van der Waals surface area contributed by atoms with Crippen LogP contribution in [0.4, 0.5) is 0 Å². The summed E-state index contributed by atoms with van der Waals surface area (Å²) in [7, 11) is 0. The zero-order chi connectivity index (χ0) is 13.0. The van der Waals surface area contributed by atoms with Gasteiger partial charge in [-0.2, -0.15) is 16.7 Å². The van der Waals surface area contributed by atoms with Crippen molar-refractivity contribution in [2.24, 2.45) is 5.92 Å². The molecule has 2 aromatic heterocycles. The molecule has 0 bridgehead atoms. The molecule has 0 aliphatic heterocycles. The van der Waals surface area contributed by atoms with Gasteiger partial charge in [0.05, 0.1) is 5.75 Å². The molecular weight excluding hydrogens is 250 g/mol. The van der Waals surface area contributed by atoms with Crippen molar-refractivity contribution in [3.8, 4) is 17.3 Å². The Morgan fingerprint density at radius 2 is 2.28 bits per heavy atom. The highest BCUT2D eigenvalue weighted by atomic mass is 32.2. The van der Waals surface area contributed by atoms with E-state index in [9.17, 15) is 5.11 Å². The summed E-state index contributed by atoms with van der Waals surface area (Å²) < 4.78 is 5.09. The fraction of sp³-hybridized carbons (Fsp3) is 0.417. The fourth-order valence-electron chi connectivity index (χ4n) is 1.36. The summed E-state index contributed by atoms with van der Waals surface area (Å²) in [4.78, 5) is 8.23. The first-order chi connectivity index (χ1) is 8.66. The first-order valence-corrected chi connectivity index (χ1v) is 6.87. The molecule has 0 aromatic carbocycles. The molecular formula is C12H15N3O2S. The van der Waals surface area contributed by atoms with Crippen molar-refractivity contribution in [3.05, 3.63) is 24.2 Å². The van der Waals surface area contributed by atoms with Crippen LogP contribution in [-0.4, -0.2) is 26.0 Å². The zero-order valence-electron chi connectivity index (χ0n) is 10.3. The molecule has 18 heavy (non-hydrogen) atoms. The van der Waals surface area contributed by atoms with Gasteiger partial charge in [-0.25, -0.2) is 4.98 Å². The second kappa shape index (κ2) is 5.86. The van der Waals surface area contributed by atoms with Crippen LogP contribution in [0.25, 0.3) is 11.6 Å². The molecule has 0 amide bonds. The quantitative estimate of drug-likeness (QED) is 0.896. The van der Waals surface area contributed by atoms with E-state index in [0.717, 1.165) is 5.75 Å². The number of hydrogen-bond acceptors (Lipinski definition) is 6. The van der Waals surface area contributed by atoms with Crippen molar-refractivity contribution < 1.29 is 9.63 Å². The van der Waals surface area contributed by atoms with Crippen LogP contribution in [0.2, 0.25) is 0 Å². The maximum Gasteiger partial charge on any atom is 0.280 e. The maximum absolute atomic E-state index is 9.63. The maximum atomic E-state index is 9.63. The van der Waals surface area contributed by atoms with Crippen LogP contribution in [0.15, 0.2) is 22.9 Å². The SMILES string of the molecule is CC(C)CSCc1noc(-c2ncccc2O)n1. The topological polar surface area (TPSA) is 72.0 Å².